The number of anilines is 1. The first-order valence-electron chi connectivity index (χ1n) is 6.55. The Hall–Kier alpha value is -1.64. The lowest BCUT2D eigenvalue weighted by atomic mass is 9.96. The van der Waals surface area contributed by atoms with Gasteiger partial charge in [-0.1, -0.05) is 13.8 Å². The Labute approximate surface area is 124 Å². The molecule has 0 saturated carbocycles. The van der Waals surface area contributed by atoms with Gasteiger partial charge in [-0.25, -0.2) is 13.1 Å². The quantitative estimate of drug-likeness (QED) is 0.533. The number of benzene rings is 1. The van der Waals surface area contributed by atoms with Crippen LogP contribution in [0.3, 0.4) is 0 Å². The summed E-state index contributed by atoms with van der Waals surface area (Å²) in [4.78, 5) is 10.9. The van der Waals surface area contributed by atoms with Crippen molar-refractivity contribution >= 4 is 21.6 Å². The maximum Gasteiger partial charge on any atom is 0.248 e. The van der Waals surface area contributed by atoms with Crippen molar-refractivity contribution in [3.05, 3.63) is 23.8 Å². The molecule has 0 unspecified atom stereocenters. The number of nitrogen functional groups attached to an aromatic ring is 1. The molecule has 0 heterocycles. The molecule has 8 heteroatoms. The number of aliphatic hydroxyl groups is 1. The van der Waals surface area contributed by atoms with Crippen molar-refractivity contribution in [2.75, 3.05) is 12.3 Å². The van der Waals surface area contributed by atoms with E-state index < -0.39 is 21.5 Å². The van der Waals surface area contributed by atoms with Crippen molar-refractivity contribution < 1.29 is 18.3 Å². The summed E-state index contributed by atoms with van der Waals surface area (Å²) in [5.41, 5.74) is 9.94. The summed E-state index contributed by atoms with van der Waals surface area (Å²) in [6.07, 6.45) is 0.858. The van der Waals surface area contributed by atoms with Crippen molar-refractivity contribution in [2.45, 2.75) is 37.1 Å². The summed E-state index contributed by atoms with van der Waals surface area (Å²) in [5, 5.41) is 9.45. The fourth-order valence-corrected chi connectivity index (χ4v) is 3.59. The van der Waals surface area contributed by atoms with E-state index in [-0.39, 0.29) is 22.8 Å². The number of sulfonamides is 1. The Morgan fingerprint density at radius 3 is 2.29 bits per heavy atom. The van der Waals surface area contributed by atoms with Crippen LogP contribution in [0.25, 0.3) is 0 Å². The summed E-state index contributed by atoms with van der Waals surface area (Å²) in [6.45, 7) is 3.24. The number of nitrogens with one attached hydrogen (secondary N) is 1. The second-order valence-corrected chi connectivity index (χ2v) is 6.52. The maximum atomic E-state index is 12.4. The van der Waals surface area contributed by atoms with Crippen LogP contribution in [-0.4, -0.2) is 31.6 Å². The first-order chi connectivity index (χ1) is 9.71. The summed E-state index contributed by atoms with van der Waals surface area (Å²) >= 11 is 0. The molecule has 0 saturated heterocycles. The van der Waals surface area contributed by atoms with E-state index in [4.69, 9.17) is 11.5 Å². The molecule has 0 aliphatic rings. The molecule has 0 aromatic heterocycles. The molecular weight excluding hydrogens is 294 g/mol. The van der Waals surface area contributed by atoms with Crippen molar-refractivity contribution in [1.82, 2.24) is 4.72 Å². The Bertz CT molecular complexity index is 616. The molecule has 1 rings (SSSR count). The van der Waals surface area contributed by atoms with Gasteiger partial charge in [0, 0.05) is 5.56 Å². The molecular formula is C13H21N3O4S. The van der Waals surface area contributed by atoms with Crippen LogP contribution in [-0.2, 0) is 10.0 Å². The summed E-state index contributed by atoms with van der Waals surface area (Å²) < 4.78 is 27.3. The highest BCUT2D eigenvalue weighted by Gasteiger charge is 2.32. The molecule has 118 valence electrons. The minimum Gasteiger partial charge on any atom is -0.398 e. The van der Waals surface area contributed by atoms with E-state index in [2.05, 4.69) is 4.72 Å². The van der Waals surface area contributed by atoms with E-state index in [0.29, 0.717) is 12.8 Å². The largest absolute Gasteiger partial charge is 0.398 e. The summed E-state index contributed by atoms with van der Waals surface area (Å²) in [6, 6.07) is 3.74. The minimum absolute atomic E-state index is 0.0714. The number of carbonyl (C=O) groups is 1. The van der Waals surface area contributed by atoms with Gasteiger partial charge < -0.3 is 16.6 Å². The van der Waals surface area contributed by atoms with E-state index in [1.165, 1.54) is 18.2 Å². The molecule has 0 fully saturated rings. The standard InChI is InChI=1S/C13H21N3O4S/c1-3-13(4-2,8-17)16-21(19,20)11-6-5-9(12(15)18)7-10(11)14/h5-7,16-17H,3-4,8,14H2,1-2H3,(H2,15,18). The maximum absolute atomic E-state index is 12.4. The van der Waals surface area contributed by atoms with Crippen LogP contribution in [0.1, 0.15) is 37.0 Å². The molecule has 0 spiro atoms. The number of hydrogen-bond acceptors (Lipinski definition) is 5. The number of carbonyl (C=O) groups excluding carboxylic acids is 1. The molecule has 0 radical (unpaired) electrons. The minimum atomic E-state index is -3.91. The molecule has 1 aromatic carbocycles. The van der Waals surface area contributed by atoms with Crippen LogP contribution in [0.15, 0.2) is 23.1 Å². The molecule has 7 nitrogen and oxygen atoms in total. The molecule has 1 aromatic rings. The molecule has 0 bridgehead atoms. The van der Waals surface area contributed by atoms with Crippen LogP contribution in [0.4, 0.5) is 5.69 Å². The lowest BCUT2D eigenvalue weighted by Gasteiger charge is -2.30. The van der Waals surface area contributed by atoms with E-state index in [1.807, 2.05) is 0 Å². The zero-order valence-electron chi connectivity index (χ0n) is 12.1. The third kappa shape index (κ3) is 3.72. The molecule has 0 aliphatic carbocycles. The summed E-state index contributed by atoms with van der Waals surface area (Å²) in [5.74, 6) is -0.689. The first kappa shape index (κ1) is 17.4. The molecule has 21 heavy (non-hydrogen) atoms. The van der Waals surface area contributed by atoms with Gasteiger partial charge >= 0.3 is 0 Å². The van der Waals surface area contributed by atoms with Gasteiger partial charge in [0.15, 0.2) is 0 Å². The molecule has 6 N–H and O–H groups in total. The highest BCUT2D eigenvalue weighted by atomic mass is 32.2. The molecule has 0 atom stereocenters. The fraction of sp³-hybridized carbons (Fsp3) is 0.462. The number of nitrogens with two attached hydrogens (primary N) is 2. The van der Waals surface area contributed by atoms with Crippen molar-refractivity contribution in [2.24, 2.45) is 5.73 Å². The zero-order valence-corrected chi connectivity index (χ0v) is 12.9. The SMILES string of the molecule is CCC(CC)(CO)NS(=O)(=O)c1ccc(C(N)=O)cc1N. The number of aliphatic hydroxyl groups excluding tert-OH is 1. The lowest BCUT2D eigenvalue weighted by molar-refractivity contribution is 0.1000. The second kappa shape index (κ2) is 6.42. The van der Waals surface area contributed by atoms with Crippen molar-refractivity contribution in [1.29, 1.82) is 0 Å². The van der Waals surface area contributed by atoms with Gasteiger partial charge in [-0.15, -0.1) is 0 Å². The average Bonchev–Trinajstić information content (AvgIpc) is 2.44. The lowest BCUT2D eigenvalue weighted by Crippen LogP contribution is -2.50. The number of primary amides is 1. The van der Waals surface area contributed by atoms with Crippen LogP contribution in [0, 0.1) is 0 Å². The number of rotatable bonds is 7. The third-order valence-corrected chi connectivity index (χ3v) is 5.24. The van der Waals surface area contributed by atoms with Gasteiger partial charge in [-0.2, -0.15) is 0 Å². The molecule has 0 aliphatic heterocycles. The number of amides is 1. The van der Waals surface area contributed by atoms with Gasteiger partial charge in [-0.05, 0) is 31.0 Å². The van der Waals surface area contributed by atoms with Crippen LogP contribution in [0.2, 0.25) is 0 Å². The number of hydrogen-bond donors (Lipinski definition) is 4. The van der Waals surface area contributed by atoms with Crippen LogP contribution in [0.5, 0.6) is 0 Å². The van der Waals surface area contributed by atoms with Crippen molar-refractivity contribution in [3.63, 3.8) is 0 Å². The van der Waals surface area contributed by atoms with E-state index in [0.717, 1.165) is 0 Å². The average molecular weight is 315 g/mol. The van der Waals surface area contributed by atoms with Gasteiger partial charge in [0.05, 0.1) is 17.8 Å². The third-order valence-electron chi connectivity index (χ3n) is 3.59. The van der Waals surface area contributed by atoms with Gasteiger partial charge in [0.2, 0.25) is 15.9 Å². The summed E-state index contributed by atoms with van der Waals surface area (Å²) in [7, 11) is -3.91. The Kier molecular flexibility index (Phi) is 5.32. The predicted molar refractivity (Wildman–Crippen MR) is 80.1 cm³/mol. The van der Waals surface area contributed by atoms with Crippen LogP contribution < -0.4 is 16.2 Å². The van der Waals surface area contributed by atoms with E-state index >= 15 is 0 Å². The highest BCUT2D eigenvalue weighted by molar-refractivity contribution is 7.89. The Morgan fingerprint density at radius 1 is 1.33 bits per heavy atom. The normalized spacial score (nSPS) is 12.3. The Balaban J connectivity index is 3.23. The van der Waals surface area contributed by atoms with Gasteiger partial charge in [0.25, 0.3) is 0 Å². The molecule has 1 amide bonds. The monoisotopic (exact) mass is 315 g/mol. The topological polar surface area (TPSA) is 136 Å². The van der Waals surface area contributed by atoms with Crippen LogP contribution >= 0.6 is 0 Å². The van der Waals surface area contributed by atoms with E-state index in [9.17, 15) is 18.3 Å². The van der Waals surface area contributed by atoms with Gasteiger partial charge in [-0.3, -0.25) is 4.79 Å². The first-order valence-corrected chi connectivity index (χ1v) is 8.04. The Morgan fingerprint density at radius 2 is 1.90 bits per heavy atom. The second-order valence-electron chi connectivity index (χ2n) is 4.87. The van der Waals surface area contributed by atoms with Gasteiger partial charge in [0.1, 0.15) is 4.90 Å². The fourth-order valence-electron chi connectivity index (χ4n) is 1.94. The highest BCUT2D eigenvalue weighted by Crippen LogP contribution is 2.23. The smallest absolute Gasteiger partial charge is 0.248 e. The predicted octanol–water partition coefficient (Wildman–Crippen LogP) is 0.197. The zero-order chi connectivity index (χ0) is 16.3. The van der Waals surface area contributed by atoms with Crippen molar-refractivity contribution in [3.8, 4) is 0 Å². The van der Waals surface area contributed by atoms with E-state index in [1.54, 1.807) is 13.8 Å².